The molecule has 0 atom stereocenters. The van der Waals surface area contributed by atoms with Crippen LogP contribution in [0.4, 0.5) is 0 Å². The van der Waals surface area contributed by atoms with Crippen molar-refractivity contribution in [2.24, 2.45) is 5.73 Å². The van der Waals surface area contributed by atoms with E-state index in [1.165, 1.54) is 0 Å². The Hall–Kier alpha value is -2.26. The van der Waals surface area contributed by atoms with E-state index in [1.54, 1.807) is 6.26 Å². The molecule has 3 heteroatoms. The largest absolute Gasteiger partial charge is 0.464 e. The molecule has 0 radical (unpaired) electrons. The fraction of sp³-hybridized carbons (Fsp3) is 0.125. The van der Waals surface area contributed by atoms with Crippen LogP contribution < -0.4 is 10.5 Å². The first-order valence-corrected chi connectivity index (χ1v) is 6.30. The number of rotatable bonds is 4. The van der Waals surface area contributed by atoms with E-state index < -0.39 is 0 Å². The Labute approximate surface area is 111 Å². The second-order valence-electron chi connectivity index (χ2n) is 4.37. The van der Waals surface area contributed by atoms with Gasteiger partial charge in [0.1, 0.15) is 17.1 Å². The highest BCUT2D eigenvalue weighted by molar-refractivity contribution is 5.82. The van der Waals surface area contributed by atoms with Crippen molar-refractivity contribution >= 4 is 11.0 Å². The molecule has 3 rings (SSSR count). The smallest absolute Gasteiger partial charge is 0.134 e. The average molecular weight is 253 g/mol. The second kappa shape index (κ2) is 5.16. The van der Waals surface area contributed by atoms with Crippen molar-refractivity contribution in [1.82, 2.24) is 0 Å². The predicted octanol–water partition coefficient (Wildman–Crippen LogP) is 3.73. The van der Waals surface area contributed by atoms with Gasteiger partial charge in [0.05, 0.1) is 6.26 Å². The molecule has 3 nitrogen and oxygen atoms in total. The number of fused-ring (bicyclic) bond motifs is 1. The molecular weight excluding hydrogens is 238 g/mol. The van der Waals surface area contributed by atoms with Crippen LogP contribution in [0, 0.1) is 0 Å². The highest BCUT2D eigenvalue weighted by Gasteiger charge is 2.07. The van der Waals surface area contributed by atoms with E-state index in [9.17, 15) is 0 Å². The van der Waals surface area contributed by atoms with Crippen LogP contribution in [0.5, 0.6) is 11.5 Å². The van der Waals surface area contributed by atoms with E-state index in [2.05, 4.69) is 0 Å². The molecule has 0 unspecified atom stereocenters. The lowest BCUT2D eigenvalue weighted by atomic mass is 10.1. The Morgan fingerprint density at radius 1 is 1.00 bits per heavy atom. The van der Waals surface area contributed by atoms with Gasteiger partial charge in [-0.15, -0.1) is 0 Å². The number of nitrogens with two attached hydrogens (primary N) is 1. The van der Waals surface area contributed by atoms with Crippen LogP contribution in [0.25, 0.3) is 11.0 Å². The Kier molecular flexibility index (Phi) is 3.21. The highest BCUT2D eigenvalue weighted by Crippen LogP contribution is 2.28. The fourth-order valence-corrected chi connectivity index (χ4v) is 2.10. The Morgan fingerprint density at radius 2 is 1.84 bits per heavy atom. The van der Waals surface area contributed by atoms with Gasteiger partial charge in [0.25, 0.3) is 0 Å². The Morgan fingerprint density at radius 3 is 2.63 bits per heavy atom. The topological polar surface area (TPSA) is 48.4 Å². The molecule has 0 amide bonds. The summed E-state index contributed by atoms with van der Waals surface area (Å²) in [7, 11) is 0. The number of ether oxygens (including phenoxy) is 1. The van der Waals surface area contributed by atoms with Gasteiger partial charge in [0.15, 0.2) is 0 Å². The van der Waals surface area contributed by atoms with Crippen molar-refractivity contribution in [3.8, 4) is 11.5 Å². The van der Waals surface area contributed by atoms with Crippen molar-refractivity contribution in [1.29, 1.82) is 0 Å². The van der Waals surface area contributed by atoms with E-state index in [0.717, 1.165) is 34.5 Å². The van der Waals surface area contributed by atoms with Crippen molar-refractivity contribution in [3.05, 3.63) is 60.4 Å². The lowest BCUT2D eigenvalue weighted by Crippen LogP contribution is -2.01. The van der Waals surface area contributed by atoms with E-state index in [0.29, 0.717) is 6.54 Å². The monoisotopic (exact) mass is 253 g/mol. The van der Waals surface area contributed by atoms with Crippen LogP contribution in [-0.4, -0.2) is 6.54 Å². The molecule has 0 aliphatic carbocycles. The summed E-state index contributed by atoms with van der Waals surface area (Å²) >= 11 is 0. The molecule has 2 aromatic carbocycles. The van der Waals surface area contributed by atoms with Crippen LogP contribution in [0.3, 0.4) is 0 Å². The Balaban J connectivity index is 1.94. The quantitative estimate of drug-likeness (QED) is 0.770. The lowest BCUT2D eigenvalue weighted by molar-refractivity contribution is 0.483. The van der Waals surface area contributed by atoms with Crippen molar-refractivity contribution in [3.63, 3.8) is 0 Å². The standard InChI is InChI=1S/C16H15NO2/c17-9-8-12-11-18-16-7-6-14(10-15(12)16)19-13-4-2-1-3-5-13/h1-7,10-11H,8-9,17H2. The Bertz CT molecular complexity index is 674. The van der Waals surface area contributed by atoms with E-state index in [1.807, 2.05) is 48.5 Å². The van der Waals surface area contributed by atoms with Gasteiger partial charge in [-0.1, -0.05) is 18.2 Å². The third kappa shape index (κ3) is 2.46. The molecule has 1 aromatic heterocycles. The van der Waals surface area contributed by atoms with Gasteiger partial charge in [-0.05, 0) is 48.9 Å². The number of furan rings is 1. The maximum absolute atomic E-state index is 5.82. The van der Waals surface area contributed by atoms with Gasteiger partial charge < -0.3 is 14.9 Å². The summed E-state index contributed by atoms with van der Waals surface area (Å²) in [4.78, 5) is 0. The molecule has 1 heterocycles. The third-order valence-electron chi connectivity index (χ3n) is 3.02. The minimum Gasteiger partial charge on any atom is -0.464 e. The van der Waals surface area contributed by atoms with Crippen LogP contribution in [-0.2, 0) is 6.42 Å². The number of hydrogen-bond donors (Lipinski definition) is 1. The predicted molar refractivity (Wildman–Crippen MR) is 75.5 cm³/mol. The van der Waals surface area contributed by atoms with Crippen molar-refractivity contribution in [2.45, 2.75) is 6.42 Å². The maximum Gasteiger partial charge on any atom is 0.134 e. The first-order chi connectivity index (χ1) is 9.36. The molecule has 0 saturated carbocycles. The molecule has 0 spiro atoms. The van der Waals surface area contributed by atoms with Gasteiger partial charge in [0.2, 0.25) is 0 Å². The molecule has 96 valence electrons. The second-order valence-corrected chi connectivity index (χ2v) is 4.37. The van der Waals surface area contributed by atoms with E-state index in [-0.39, 0.29) is 0 Å². The lowest BCUT2D eigenvalue weighted by Gasteiger charge is -2.05. The summed E-state index contributed by atoms with van der Waals surface area (Å²) in [5, 5.41) is 1.07. The van der Waals surface area contributed by atoms with Crippen LogP contribution in [0.1, 0.15) is 5.56 Å². The summed E-state index contributed by atoms with van der Waals surface area (Å²) in [6.45, 7) is 0.610. The molecule has 2 N–H and O–H groups in total. The molecule has 0 saturated heterocycles. The molecular formula is C16H15NO2. The summed E-state index contributed by atoms with van der Waals surface area (Å²) in [5.41, 5.74) is 7.59. The first-order valence-electron chi connectivity index (χ1n) is 6.30. The molecule has 0 aliphatic rings. The molecule has 19 heavy (non-hydrogen) atoms. The zero-order chi connectivity index (χ0) is 13.1. The zero-order valence-corrected chi connectivity index (χ0v) is 10.5. The van der Waals surface area contributed by atoms with Gasteiger partial charge >= 0.3 is 0 Å². The first kappa shape index (κ1) is 11.8. The maximum atomic E-state index is 5.82. The summed E-state index contributed by atoms with van der Waals surface area (Å²) in [5.74, 6) is 1.63. The van der Waals surface area contributed by atoms with Gasteiger partial charge in [-0.2, -0.15) is 0 Å². The molecule has 0 aliphatic heterocycles. The van der Waals surface area contributed by atoms with Gasteiger partial charge in [-0.25, -0.2) is 0 Å². The number of hydrogen-bond acceptors (Lipinski definition) is 3. The molecule has 0 bridgehead atoms. The fourth-order valence-electron chi connectivity index (χ4n) is 2.10. The molecule has 3 aromatic rings. The van der Waals surface area contributed by atoms with Crippen molar-refractivity contribution in [2.75, 3.05) is 6.54 Å². The average Bonchev–Trinajstić information content (AvgIpc) is 2.83. The molecule has 0 fully saturated rings. The normalized spacial score (nSPS) is 10.8. The van der Waals surface area contributed by atoms with Crippen LogP contribution in [0.15, 0.2) is 59.2 Å². The summed E-state index contributed by atoms with van der Waals surface area (Å²) < 4.78 is 11.3. The van der Waals surface area contributed by atoms with Crippen LogP contribution in [0.2, 0.25) is 0 Å². The van der Waals surface area contributed by atoms with Gasteiger partial charge in [0, 0.05) is 5.39 Å². The van der Waals surface area contributed by atoms with Gasteiger partial charge in [-0.3, -0.25) is 0 Å². The number of benzene rings is 2. The SMILES string of the molecule is NCCc1coc2ccc(Oc3ccccc3)cc12. The zero-order valence-electron chi connectivity index (χ0n) is 10.5. The summed E-state index contributed by atoms with van der Waals surface area (Å²) in [6.07, 6.45) is 2.58. The third-order valence-corrected chi connectivity index (χ3v) is 3.02. The van der Waals surface area contributed by atoms with E-state index in [4.69, 9.17) is 14.9 Å². The number of para-hydroxylation sites is 1. The minimum atomic E-state index is 0.610. The summed E-state index contributed by atoms with van der Waals surface area (Å²) in [6, 6.07) is 15.6. The van der Waals surface area contributed by atoms with E-state index >= 15 is 0 Å². The van der Waals surface area contributed by atoms with Crippen molar-refractivity contribution < 1.29 is 9.15 Å². The minimum absolute atomic E-state index is 0.610. The highest BCUT2D eigenvalue weighted by atomic mass is 16.5. The van der Waals surface area contributed by atoms with Crippen LogP contribution >= 0.6 is 0 Å².